The molecule has 3 aromatic rings. The van der Waals surface area contributed by atoms with Crippen molar-refractivity contribution in [2.75, 3.05) is 32.8 Å². The van der Waals surface area contributed by atoms with Gasteiger partial charge in [0, 0.05) is 50.7 Å². The molecule has 0 bridgehead atoms. The number of benzene rings is 2. The Balaban J connectivity index is 1.30. The highest BCUT2D eigenvalue weighted by molar-refractivity contribution is 5.94. The van der Waals surface area contributed by atoms with E-state index in [0.717, 1.165) is 81.6 Å². The van der Waals surface area contributed by atoms with Crippen molar-refractivity contribution < 1.29 is 22.7 Å². The number of rotatable bonds is 3. The van der Waals surface area contributed by atoms with E-state index in [9.17, 15) is 18.0 Å². The van der Waals surface area contributed by atoms with Gasteiger partial charge >= 0.3 is 6.18 Å². The maximum absolute atomic E-state index is 13.2. The number of carbonyl (C=O) groups is 1. The van der Waals surface area contributed by atoms with Crippen LogP contribution in [0.5, 0.6) is 5.75 Å². The molecule has 212 valence electrons. The summed E-state index contributed by atoms with van der Waals surface area (Å²) in [6.07, 6.45) is 5.20. The summed E-state index contributed by atoms with van der Waals surface area (Å²) in [7, 11) is 0. The maximum Gasteiger partial charge on any atom is 0.416 e. The third kappa shape index (κ3) is 7.02. The summed E-state index contributed by atoms with van der Waals surface area (Å²) < 4.78 is 45.2. The SMILES string of the molecule is O=C(c1ccc(C(F)(F)F)cc1)N1CCC2(CCCCc3ccccc3OCCN(Cc3cccnc3)C2)CC1. The molecule has 2 aromatic carbocycles. The van der Waals surface area contributed by atoms with E-state index < -0.39 is 11.7 Å². The van der Waals surface area contributed by atoms with Crippen molar-refractivity contribution in [3.8, 4) is 5.75 Å². The van der Waals surface area contributed by atoms with Gasteiger partial charge in [-0.2, -0.15) is 13.2 Å². The van der Waals surface area contributed by atoms with Gasteiger partial charge in [-0.05, 0) is 85.0 Å². The predicted octanol–water partition coefficient (Wildman–Crippen LogP) is 6.63. The highest BCUT2D eigenvalue weighted by Gasteiger charge is 2.37. The van der Waals surface area contributed by atoms with Crippen molar-refractivity contribution in [3.63, 3.8) is 0 Å². The number of hydrogen-bond donors (Lipinski definition) is 0. The summed E-state index contributed by atoms with van der Waals surface area (Å²) in [4.78, 5) is 21.7. The predicted molar refractivity (Wildman–Crippen MR) is 148 cm³/mol. The summed E-state index contributed by atoms with van der Waals surface area (Å²) in [5, 5.41) is 0. The number of hydrogen-bond acceptors (Lipinski definition) is 4. The number of nitrogens with zero attached hydrogens (tertiary/aromatic N) is 3. The lowest BCUT2D eigenvalue weighted by Gasteiger charge is -2.45. The average molecular weight is 552 g/mol. The molecule has 3 heterocycles. The van der Waals surface area contributed by atoms with Crippen molar-refractivity contribution in [2.24, 2.45) is 5.41 Å². The molecule has 0 atom stereocenters. The molecular weight excluding hydrogens is 515 g/mol. The molecule has 0 aliphatic carbocycles. The monoisotopic (exact) mass is 551 g/mol. The van der Waals surface area contributed by atoms with Gasteiger partial charge in [-0.15, -0.1) is 0 Å². The normalized spacial score (nSPS) is 18.7. The molecule has 1 amide bonds. The molecule has 8 heteroatoms. The molecule has 1 saturated heterocycles. The molecule has 2 aliphatic heterocycles. The van der Waals surface area contributed by atoms with Crippen LogP contribution in [0, 0.1) is 5.41 Å². The third-order valence-corrected chi connectivity index (χ3v) is 8.30. The van der Waals surface area contributed by atoms with Gasteiger partial charge in [0.05, 0.1) is 5.56 Å². The van der Waals surface area contributed by atoms with Crippen LogP contribution in [0.1, 0.15) is 59.2 Å². The molecule has 0 saturated carbocycles. The summed E-state index contributed by atoms with van der Waals surface area (Å²) in [6.45, 7) is 4.23. The number of alkyl halides is 3. The fourth-order valence-corrected chi connectivity index (χ4v) is 6.05. The minimum atomic E-state index is -4.42. The number of fused-ring (bicyclic) bond motifs is 1. The van der Waals surface area contributed by atoms with Crippen LogP contribution in [0.2, 0.25) is 0 Å². The number of carbonyl (C=O) groups excluding carboxylic acids is 1. The van der Waals surface area contributed by atoms with Crippen LogP contribution in [0.3, 0.4) is 0 Å². The zero-order valence-corrected chi connectivity index (χ0v) is 22.7. The largest absolute Gasteiger partial charge is 0.492 e. The maximum atomic E-state index is 13.2. The van der Waals surface area contributed by atoms with E-state index in [1.165, 1.54) is 17.7 Å². The second-order valence-corrected chi connectivity index (χ2v) is 11.1. The van der Waals surface area contributed by atoms with E-state index in [4.69, 9.17) is 4.74 Å². The van der Waals surface area contributed by atoms with Crippen molar-refractivity contribution in [3.05, 3.63) is 95.3 Å². The van der Waals surface area contributed by atoms with Gasteiger partial charge in [0.25, 0.3) is 5.91 Å². The lowest BCUT2D eigenvalue weighted by Crippen LogP contribution is -2.48. The van der Waals surface area contributed by atoms with Gasteiger partial charge < -0.3 is 9.64 Å². The molecular formula is C32H36F3N3O2. The molecule has 0 N–H and O–H groups in total. The molecule has 0 radical (unpaired) electrons. The van der Waals surface area contributed by atoms with Gasteiger partial charge in [0.1, 0.15) is 12.4 Å². The first-order chi connectivity index (χ1) is 19.3. The van der Waals surface area contributed by atoms with Crippen molar-refractivity contribution in [1.29, 1.82) is 0 Å². The number of likely N-dealkylation sites (tertiary alicyclic amines) is 1. The minimum absolute atomic E-state index is 0.0534. The summed E-state index contributed by atoms with van der Waals surface area (Å²) in [5.41, 5.74) is 2.01. The number of aromatic nitrogens is 1. The van der Waals surface area contributed by atoms with E-state index in [-0.39, 0.29) is 11.3 Å². The third-order valence-electron chi connectivity index (χ3n) is 8.30. The lowest BCUT2D eigenvalue weighted by atomic mass is 9.73. The van der Waals surface area contributed by atoms with Gasteiger partial charge in [-0.1, -0.05) is 30.7 Å². The first kappa shape index (κ1) is 28.1. The van der Waals surface area contributed by atoms with E-state index in [2.05, 4.69) is 34.1 Å². The molecule has 1 aromatic heterocycles. The Bertz CT molecular complexity index is 1260. The Morgan fingerprint density at radius 2 is 1.70 bits per heavy atom. The van der Waals surface area contributed by atoms with Crippen LogP contribution in [0.15, 0.2) is 73.1 Å². The molecule has 1 spiro atoms. The van der Waals surface area contributed by atoms with Crippen LogP contribution in [-0.2, 0) is 19.1 Å². The second kappa shape index (κ2) is 12.4. The topological polar surface area (TPSA) is 45.7 Å². The molecule has 0 unspecified atom stereocenters. The van der Waals surface area contributed by atoms with E-state index in [1.54, 1.807) is 11.1 Å². The molecule has 5 nitrogen and oxygen atoms in total. The Labute approximate surface area is 234 Å². The highest BCUT2D eigenvalue weighted by atomic mass is 19.4. The zero-order valence-electron chi connectivity index (χ0n) is 22.7. The first-order valence-corrected chi connectivity index (χ1v) is 14.1. The van der Waals surface area contributed by atoms with Crippen LogP contribution < -0.4 is 4.74 Å². The standard InChI is InChI=1S/C32H36F3N3O2/c33-32(34,35)28-12-10-27(11-13-28)30(39)38-18-15-31(16-19-38)14-4-3-8-26-7-1-2-9-29(26)40-21-20-37(24-31)23-25-6-5-17-36-22-25/h1-2,5-7,9-13,17,22H,3-4,8,14-16,18-21,23-24H2. The number of piperidine rings is 1. The van der Waals surface area contributed by atoms with Crippen molar-refractivity contribution in [1.82, 2.24) is 14.8 Å². The van der Waals surface area contributed by atoms with Gasteiger partial charge in [-0.25, -0.2) is 0 Å². The van der Waals surface area contributed by atoms with Crippen LogP contribution in [-0.4, -0.2) is 53.5 Å². The Morgan fingerprint density at radius 3 is 2.42 bits per heavy atom. The van der Waals surface area contributed by atoms with E-state index in [0.29, 0.717) is 25.3 Å². The lowest BCUT2D eigenvalue weighted by molar-refractivity contribution is -0.137. The summed E-state index contributed by atoms with van der Waals surface area (Å²) in [6, 6.07) is 16.9. The number of aryl methyl sites for hydroxylation is 1. The molecule has 40 heavy (non-hydrogen) atoms. The summed E-state index contributed by atoms with van der Waals surface area (Å²) >= 11 is 0. The number of ether oxygens (including phenoxy) is 1. The van der Waals surface area contributed by atoms with Crippen LogP contribution in [0.25, 0.3) is 0 Å². The second-order valence-electron chi connectivity index (χ2n) is 11.1. The van der Waals surface area contributed by atoms with Crippen LogP contribution in [0.4, 0.5) is 13.2 Å². The minimum Gasteiger partial charge on any atom is -0.492 e. The van der Waals surface area contributed by atoms with Gasteiger partial charge in [0.2, 0.25) is 0 Å². The van der Waals surface area contributed by atoms with E-state index in [1.807, 2.05) is 18.3 Å². The molecule has 1 fully saturated rings. The highest BCUT2D eigenvalue weighted by Crippen LogP contribution is 2.39. The van der Waals surface area contributed by atoms with Crippen molar-refractivity contribution >= 4 is 5.91 Å². The number of amides is 1. The Hall–Kier alpha value is -3.39. The smallest absolute Gasteiger partial charge is 0.416 e. The number of halogens is 3. The van der Waals surface area contributed by atoms with Gasteiger partial charge in [-0.3, -0.25) is 14.7 Å². The Kier molecular flexibility index (Phi) is 8.74. The number of pyridine rings is 1. The fourth-order valence-electron chi connectivity index (χ4n) is 6.05. The Morgan fingerprint density at radius 1 is 0.925 bits per heavy atom. The average Bonchev–Trinajstić information content (AvgIpc) is 2.96. The molecule has 2 aliphatic rings. The quantitative estimate of drug-likeness (QED) is 0.367. The number of para-hydroxylation sites is 1. The summed E-state index contributed by atoms with van der Waals surface area (Å²) in [5.74, 6) is 0.767. The molecule has 5 rings (SSSR count). The fraction of sp³-hybridized carbons (Fsp3) is 0.438. The zero-order chi connectivity index (χ0) is 28.0. The van der Waals surface area contributed by atoms with Crippen LogP contribution >= 0.6 is 0 Å². The van der Waals surface area contributed by atoms with Gasteiger partial charge in [0.15, 0.2) is 0 Å². The van der Waals surface area contributed by atoms with Crippen molar-refractivity contribution in [2.45, 2.75) is 51.2 Å². The first-order valence-electron chi connectivity index (χ1n) is 14.1. The van der Waals surface area contributed by atoms with E-state index >= 15 is 0 Å².